The number of aliphatic hydroxyl groups is 2. The summed E-state index contributed by atoms with van der Waals surface area (Å²) in [6.07, 6.45) is -0.320. The Hall–Kier alpha value is -3.38. The second kappa shape index (κ2) is 8.87. The quantitative estimate of drug-likeness (QED) is 0.244. The van der Waals surface area contributed by atoms with Crippen molar-refractivity contribution in [2.45, 2.75) is 18.3 Å². The van der Waals surface area contributed by atoms with Crippen molar-refractivity contribution in [3.8, 4) is 5.88 Å². The van der Waals surface area contributed by atoms with Gasteiger partial charge in [-0.1, -0.05) is 60.7 Å². The molecule has 0 radical (unpaired) electrons. The molecule has 1 fully saturated rings. The van der Waals surface area contributed by atoms with E-state index in [0.29, 0.717) is 34.0 Å². The molecule has 3 heterocycles. The fourth-order valence-corrected chi connectivity index (χ4v) is 4.21. The van der Waals surface area contributed by atoms with Crippen molar-refractivity contribution in [2.24, 2.45) is 0 Å². The maximum Gasteiger partial charge on any atom is 0.221 e. The van der Waals surface area contributed by atoms with Gasteiger partial charge in [-0.15, -0.1) is 0 Å². The third-order valence-electron chi connectivity index (χ3n) is 5.76. The van der Waals surface area contributed by atoms with E-state index >= 15 is 0 Å². The van der Waals surface area contributed by atoms with Gasteiger partial charge in [0.1, 0.15) is 6.17 Å². The van der Waals surface area contributed by atoms with E-state index in [0.717, 1.165) is 5.56 Å². The molecule has 0 unspecified atom stereocenters. The van der Waals surface area contributed by atoms with Crippen LogP contribution in [0.1, 0.15) is 28.7 Å². The first-order valence-electron chi connectivity index (χ1n) is 10.6. The molecule has 5 rings (SSSR count). The molecular formula is C23H25N7O3. The lowest BCUT2D eigenvalue weighted by molar-refractivity contribution is 0.110. The molecule has 1 saturated heterocycles. The second-order valence-electron chi connectivity index (χ2n) is 7.65. The number of ether oxygens (including phenoxy) is 1. The molecule has 33 heavy (non-hydrogen) atoms. The van der Waals surface area contributed by atoms with Crippen molar-refractivity contribution >= 4 is 11.2 Å². The smallest absolute Gasteiger partial charge is 0.221 e. The van der Waals surface area contributed by atoms with Gasteiger partial charge in [0.2, 0.25) is 5.88 Å². The molecule has 0 spiro atoms. The number of aliphatic hydroxyl groups excluding tert-OH is 1. The molecular weight excluding hydrogens is 422 g/mol. The molecule has 6 N–H and O–H groups in total. The van der Waals surface area contributed by atoms with E-state index in [4.69, 9.17) is 9.72 Å². The van der Waals surface area contributed by atoms with Gasteiger partial charge in [0.25, 0.3) is 0 Å². The first-order chi connectivity index (χ1) is 16.2. The van der Waals surface area contributed by atoms with Crippen LogP contribution in [0.2, 0.25) is 0 Å². The van der Waals surface area contributed by atoms with E-state index in [9.17, 15) is 10.2 Å². The summed E-state index contributed by atoms with van der Waals surface area (Å²) in [4.78, 5) is 9.39. The monoisotopic (exact) mass is 447 g/mol. The molecule has 0 atom stereocenters. The Kier molecular flexibility index (Phi) is 5.77. The van der Waals surface area contributed by atoms with Crippen molar-refractivity contribution in [1.29, 1.82) is 0 Å². The summed E-state index contributed by atoms with van der Waals surface area (Å²) in [5, 5.41) is 22.2. The molecule has 10 heteroatoms. The first-order valence-corrected chi connectivity index (χ1v) is 10.6. The molecule has 1 aliphatic rings. The SMILES string of the molecule is COc1nc2nc(C(O)(c3ccccc3)c3ccccc3)n(CCO)c2cc1C1NNNN1. The van der Waals surface area contributed by atoms with E-state index < -0.39 is 5.60 Å². The van der Waals surface area contributed by atoms with Crippen LogP contribution in [-0.2, 0) is 12.1 Å². The average molecular weight is 447 g/mol. The van der Waals surface area contributed by atoms with Crippen molar-refractivity contribution in [3.05, 3.63) is 89.2 Å². The number of pyridine rings is 1. The molecule has 4 aromatic rings. The van der Waals surface area contributed by atoms with E-state index in [-0.39, 0.29) is 19.3 Å². The minimum absolute atomic E-state index is 0.136. The number of hydrogen-bond acceptors (Lipinski definition) is 9. The second-order valence-corrected chi connectivity index (χ2v) is 7.65. The van der Waals surface area contributed by atoms with Gasteiger partial charge >= 0.3 is 0 Å². The lowest BCUT2D eigenvalue weighted by Gasteiger charge is -2.29. The summed E-state index contributed by atoms with van der Waals surface area (Å²) in [6, 6.07) is 20.6. The molecule has 10 nitrogen and oxygen atoms in total. The lowest BCUT2D eigenvalue weighted by atomic mass is 9.85. The molecule has 0 saturated carbocycles. The minimum Gasteiger partial charge on any atom is -0.481 e. The van der Waals surface area contributed by atoms with Gasteiger partial charge in [0.05, 0.1) is 24.8 Å². The number of methoxy groups -OCH3 is 1. The zero-order valence-electron chi connectivity index (χ0n) is 18.0. The predicted octanol–water partition coefficient (Wildman–Crippen LogP) is 0.832. The van der Waals surface area contributed by atoms with Gasteiger partial charge in [-0.05, 0) is 17.2 Å². The van der Waals surface area contributed by atoms with Crippen LogP contribution in [0.5, 0.6) is 5.88 Å². The van der Waals surface area contributed by atoms with Crippen molar-refractivity contribution in [2.75, 3.05) is 13.7 Å². The number of aromatic nitrogens is 3. The van der Waals surface area contributed by atoms with Crippen LogP contribution < -0.4 is 26.7 Å². The summed E-state index contributed by atoms with van der Waals surface area (Å²) >= 11 is 0. The number of hydrogen-bond donors (Lipinski definition) is 6. The summed E-state index contributed by atoms with van der Waals surface area (Å²) in [6.45, 7) is 0.0891. The fraction of sp³-hybridized carbons (Fsp3) is 0.217. The Labute approximate surface area is 190 Å². The van der Waals surface area contributed by atoms with Crippen LogP contribution in [0, 0.1) is 0 Å². The number of benzene rings is 2. The number of hydrazine groups is 3. The summed E-state index contributed by atoms with van der Waals surface area (Å²) in [5.41, 5.74) is 13.2. The Morgan fingerprint density at radius 2 is 1.58 bits per heavy atom. The number of nitrogens with zero attached hydrogens (tertiary/aromatic N) is 3. The van der Waals surface area contributed by atoms with Crippen LogP contribution in [-0.4, -0.2) is 38.5 Å². The van der Waals surface area contributed by atoms with Crippen molar-refractivity contribution in [3.63, 3.8) is 0 Å². The Morgan fingerprint density at radius 3 is 2.12 bits per heavy atom. The largest absolute Gasteiger partial charge is 0.481 e. The molecule has 0 aliphatic carbocycles. The van der Waals surface area contributed by atoms with E-state index in [1.165, 1.54) is 0 Å². The number of nitrogens with one attached hydrogen (secondary N) is 4. The Morgan fingerprint density at radius 1 is 0.970 bits per heavy atom. The van der Waals surface area contributed by atoms with Gasteiger partial charge in [-0.25, -0.2) is 15.8 Å². The molecule has 2 aromatic heterocycles. The molecule has 0 bridgehead atoms. The zero-order valence-corrected chi connectivity index (χ0v) is 18.0. The topological polar surface area (TPSA) is 129 Å². The highest BCUT2D eigenvalue weighted by Gasteiger charge is 2.39. The van der Waals surface area contributed by atoms with Crippen LogP contribution in [0.25, 0.3) is 11.2 Å². The zero-order chi connectivity index (χ0) is 22.8. The molecule has 2 aromatic carbocycles. The van der Waals surface area contributed by atoms with Crippen molar-refractivity contribution < 1.29 is 14.9 Å². The molecule has 0 amide bonds. The van der Waals surface area contributed by atoms with Crippen LogP contribution in [0.15, 0.2) is 66.7 Å². The van der Waals surface area contributed by atoms with Gasteiger partial charge < -0.3 is 19.5 Å². The number of rotatable bonds is 7. The maximum atomic E-state index is 12.3. The third kappa shape index (κ3) is 3.64. The van der Waals surface area contributed by atoms with Gasteiger partial charge in [0.15, 0.2) is 17.1 Å². The lowest BCUT2D eigenvalue weighted by Crippen LogP contribution is -2.33. The highest BCUT2D eigenvalue weighted by molar-refractivity contribution is 5.75. The highest BCUT2D eigenvalue weighted by Crippen LogP contribution is 2.38. The highest BCUT2D eigenvalue weighted by atomic mass is 16.5. The normalized spacial score (nSPS) is 14.8. The third-order valence-corrected chi connectivity index (χ3v) is 5.76. The Bertz CT molecular complexity index is 1200. The van der Waals surface area contributed by atoms with E-state index in [1.54, 1.807) is 11.7 Å². The van der Waals surface area contributed by atoms with Gasteiger partial charge in [-0.3, -0.25) is 0 Å². The predicted molar refractivity (Wildman–Crippen MR) is 121 cm³/mol. The average Bonchev–Trinajstić information content (AvgIpc) is 3.53. The van der Waals surface area contributed by atoms with Gasteiger partial charge in [-0.2, -0.15) is 16.1 Å². The number of imidazole rings is 1. The standard InChI is InChI=1S/C23H25N7O3/c1-33-21-17(19-26-28-29-27-19)14-18-20(24-21)25-22(30(18)12-13-31)23(32,15-8-4-2-5-9-15)16-10-6-3-7-11-16/h2-11,14,19,26-29,31-32H,12-13H2,1H3. The number of fused-ring (bicyclic) bond motifs is 1. The first kappa shape index (κ1) is 21.5. The summed E-state index contributed by atoms with van der Waals surface area (Å²) < 4.78 is 7.33. The minimum atomic E-state index is -1.57. The summed E-state index contributed by atoms with van der Waals surface area (Å²) in [7, 11) is 1.55. The van der Waals surface area contributed by atoms with E-state index in [2.05, 4.69) is 26.9 Å². The van der Waals surface area contributed by atoms with Crippen LogP contribution in [0.4, 0.5) is 0 Å². The Balaban J connectivity index is 1.79. The van der Waals surface area contributed by atoms with E-state index in [1.807, 2.05) is 66.7 Å². The molecule has 1 aliphatic heterocycles. The van der Waals surface area contributed by atoms with Crippen LogP contribution in [0.3, 0.4) is 0 Å². The fourth-order valence-electron chi connectivity index (χ4n) is 4.21. The van der Waals surface area contributed by atoms with Gasteiger partial charge in [0, 0.05) is 6.54 Å². The summed E-state index contributed by atoms with van der Waals surface area (Å²) in [5.74, 6) is 0.750. The van der Waals surface area contributed by atoms with Crippen molar-refractivity contribution in [1.82, 2.24) is 36.5 Å². The maximum absolute atomic E-state index is 12.3. The van der Waals surface area contributed by atoms with Crippen LogP contribution >= 0.6 is 0 Å². The molecule has 170 valence electrons.